The Bertz CT molecular complexity index is 366. The maximum absolute atomic E-state index is 8.89. The van der Waals surface area contributed by atoms with Gasteiger partial charge in [0.2, 0.25) is 0 Å². The number of aromatic nitrogens is 1. The van der Waals surface area contributed by atoms with E-state index in [1.807, 2.05) is 6.07 Å². The van der Waals surface area contributed by atoms with Crippen molar-refractivity contribution in [3.63, 3.8) is 0 Å². The van der Waals surface area contributed by atoms with Crippen molar-refractivity contribution in [1.29, 1.82) is 5.26 Å². The van der Waals surface area contributed by atoms with Gasteiger partial charge in [0.15, 0.2) is 0 Å². The number of hydrogen-bond acceptors (Lipinski definition) is 4. The largest absolute Gasteiger partial charge is 0.316 e. The Morgan fingerprint density at radius 1 is 1.67 bits per heavy atom. The minimum Gasteiger partial charge on any atom is -0.316 e. The first-order chi connectivity index (χ1) is 7.40. The Morgan fingerprint density at radius 3 is 3.33 bits per heavy atom. The van der Waals surface area contributed by atoms with Crippen molar-refractivity contribution < 1.29 is 0 Å². The van der Waals surface area contributed by atoms with Gasteiger partial charge in [0.05, 0.1) is 5.56 Å². The van der Waals surface area contributed by atoms with Crippen LogP contribution in [0.1, 0.15) is 12.0 Å². The van der Waals surface area contributed by atoms with Gasteiger partial charge in [0, 0.05) is 11.9 Å². The van der Waals surface area contributed by atoms with Crippen molar-refractivity contribution >= 4 is 11.8 Å². The normalized spacial score (nSPS) is 20.1. The Hall–Kier alpha value is -1.05. The van der Waals surface area contributed by atoms with E-state index in [2.05, 4.69) is 16.4 Å². The molecule has 1 fully saturated rings. The number of hydrogen-bond donors (Lipinski definition) is 1. The zero-order valence-electron chi connectivity index (χ0n) is 8.44. The fraction of sp³-hybridized carbons (Fsp3) is 0.455. The Labute approximate surface area is 93.9 Å². The highest BCUT2D eigenvalue weighted by atomic mass is 32.2. The lowest BCUT2D eigenvalue weighted by atomic mass is 10.2. The van der Waals surface area contributed by atoms with Crippen LogP contribution in [-0.4, -0.2) is 23.8 Å². The minimum atomic E-state index is 0.688. The van der Waals surface area contributed by atoms with Gasteiger partial charge < -0.3 is 5.32 Å². The van der Waals surface area contributed by atoms with Crippen LogP contribution >= 0.6 is 11.8 Å². The summed E-state index contributed by atoms with van der Waals surface area (Å²) in [7, 11) is 0. The van der Waals surface area contributed by atoms with E-state index in [1.165, 1.54) is 6.42 Å². The Kier molecular flexibility index (Phi) is 3.59. The molecule has 78 valence electrons. The molecule has 0 radical (unpaired) electrons. The third-order valence-electron chi connectivity index (χ3n) is 2.51. The fourth-order valence-electron chi connectivity index (χ4n) is 1.64. The van der Waals surface area contributed by atoms with Crippen molar-refractivity contribution in [2.24, 2.45) is 5.92 Å². The summed E-state index contributed by atoms with van der Waals surface area (Å²) in [5, 5.41) is 13.1. The average Bonchev–Trinajstić information content (AvgIpc) is 2.79. The molecule has 1 N–H and O–H groups in total. The molecular formula is C11H13N3S. The number of nitrogens with one attached hydrogen (secondary N) is 1. The highest BCUT2D eigenvalue weighted by Crippen LogP contribution is 2.23. The molecule has 1 aromatic rings. The first-order valence-electron chi connectivity index (χ1n) is 5.09. The predicted molar refractivity (Wildman–Crippen MR) is 60.7 cm³/mol. The van der Waals surface area contributed by atoms with Crippen LogP contribution in [0.25, 0.3) is 0 Å². The molecule has 0 aliphatic carbocycles. The monoisotopic (exact) mass is 219 g/mol. The maximum Gasteiger partial charge on any atom is 0.114 e. The van der Waals surface area contributed by atoms with Gasteiger partial charge in [0.25, 0.3) is 0 Å². The summed E-state index contributed by atoms with van der Waals surface area (Å²) in [4.78, 5) is 4.23. The van der Waals surface area contributed by atoms with Gasteiger partial charge in [0.1, 0.15) is 11.1 Å². The molecule has 1 saturated heterocycles. The van der Waals surface area contributed by atoms with E-state index >= 15 is 0 Å². The second kappa shape index (κ2) is 5.15. The number of thioether (sulfide) groups is 1. The summed E-state index contributed by atoms with van der Waals surface area (Å²) < 4.78 is 0. The number of nitriles is 1. The SMILES string of the molecule is N#Cc1cccnc1SCC1CCNC1. The summed E-state index contributed by atoms with van der Waals surface area (Å²) in [5.41, 5.74) is 0.688. The molecule has 0 aromatic carbocycles. The lowest BCUT2D eigenvalue weighted by Gasteiger charge is -2.07. The van der Waals surface area contributed by atoms with Gasteiger partial charge >= 0.3 is 0 Å². The Balaban J connectivity index is 1.95. The fourth-order valence-corrected chi connectivity index (χ4v) is 2.73. The predicted octanol–water partition coefficient (Wildman–Crippen LogP) is 1.65. The summed E-state index contributed by atoms with van der Waals surface area (Å²) in [6, 6.07) is 5.80. The average molecular weight is 219 g/mol. The van der Waals surface area contributed by atoms with Crippen molar-refractivity contribution in [2.45, 2.75) is 11.4 Å². The molecule has 0 bridgehead atoms. The van der Waals surface area contributed by atoms with Gasteiger partial charge in [-0.25, -0.2) is 4.98 Å². The van der Waals surface area contributed by atoms with Crippen LogP contribution in [0.15, 0.2) is 23.4 Å². The molecule has 3 nitrogen and oxygen atoms in total. The van der Waals surface area contributed by atoms with Crippen LogP contribution in [0.5, 0.6) is 0 Å². The van der Waals surface area contributed by atoms with E-state index in [0.29, 0.717) is 5.56 Å². The first kappa shape index (κ1) is 10.5. The molecule has 1 aliphatic rings. The molecule has 2 rings (SSSR count). The summed E-state index contributed by atoms with van der Waals surface area (Å²) in [6.07, 6.45) is 2.98. The van der Waals surface area contributed by atoms with Crippen LogP contribution in [0, 0.1) is 17.2 Å². The van der Waals surface area contributed by atoms with Crippen molar-refractivity contribution in [3.8, 4) is 6.07 Å². The molecule has 0 amide bonds. The van der Waals surface area contributed by atoms with E-state index in [-0.39, 0.29) is 0 Å². The van der Waals surface area contributed by atoms with Gasteiger partial charge in [-0.05, 0) is 37.6 Å². The lowest BCUT2D eigenvalue weighted by Crippen LogP contribution is -2.10. The Morgan fingerprint density at radius 2 is 2.60 bits per heavy atom. The van der Waals surface area contributed by atoms with Gasteiger partial charge in [-0.2, -0.15) is 5.26 Å². The number of pyridine rings is 1. The summed E-state index contributed by atoms with van der Waals surface area (Å²) >= 11 is 1.70. The molecule has 0 saturated carbocycles. The van der Waals surface area contributed by atoms with E-state index in [0.717, 1.165) is 29.8 Å². The summed E-state index contributed by atoms with van der Waals surface area (Å²) in [5.74, 6) is 1.78. The second-order valence-electron chi connectivity index (χ2n) is 3.64. The smallest absolute Gasteiger partial charge is 0.114 e. The molecule has 1 atom stereocenters. The zero-order chi connectivity index (χ0) is 10.5. The third-order valence-corrected chi connectivity index (χ3v) is 3.75. The molecule has 1 aliphatic heterocycles. The topological polar surface area (TPSA) is 48.7 Å². The molecule has 0 spiro atoms. The third kappa shape index (κ3) is 2.71. The van der Waals surface area contributed by atoms with Crippen molar-refractivity contribution in [1.82, 2.24) is 10.3 Å². The van der Waals surface area contributed by atoms with Crippen molar-refractivity contribution in [3.05, 3.63) is 23.9 Å². The van der Waals surface area contributed by atoms with Gasteiger partial charge in [-0.15, -0.1) is 11.8 Å². The molecule has 15 heavy (non-hydrogen) atoms. The van der Waals surface area contributed by atoms with E-state index in [9.17, 15) is 0 Å². The van der Waals surface area contributed by atoms with Crippen LogP contribution in [0.3, 0.4) is 0 Å². The molecular weight excluding hydrogens is 206 g/mol. The van der Waals surface area contributed by atoms with Crippen LogP contribution in [0.2, 0.25) is 0 Å². The van der Waals surface area contributed by atoms with Crippen LogP contribution < -0.4 is 5.32 Å². The van der Waals surface area contributed by atoms with E-state index < -0.39 is 0 Å². The number of nitrogens with zero attached hydrogens (tertiary/aromatic N) is 2. The quantitative estimate of drug-likeness (QED) is 0.785. The maximum atomic E-state index is 8.89. The molecule has 4 heteroatoms. The highest BCUT2D eigenvalue weighted by Gasteiger charge is 2.15. The first-order valence-corrected chi connectivity index (χ1v) is 6.07. The lowest BCUT2D eigenvalue weighted by molar-refractivity contribution is 0.662. The van der Waals surface area contributed by atoms with Crippen LogP contribution in [-0.2, 0) is 0 Å². The molecule has 1 aromatic heterocycles. The molecule has 2 heterocycles. The molecule has 1 unspecified atom stereocenters. The van der Waals surface area contributed by atoms with Gasteiger partial charge in [-0.3, -0.25) is 0 Å². The van der Waals surface area contributed by atoms with E-state index in [1.54, 1.807) is 24.0 Å². The summed E-state index contributed by atoms with van der Waals surface area (Å²) in [6.45, 7) is 2.22. The number of rotatable bonds is 3. The van der Waals surface area contributed by atoms with Gasteiger partial charge in [-0.1, -0.05) is 0 Å². The minimum absolute atomic E-state index is 0.688. The van der Waals surface area contributed by atoms with Crippen molar-refractivity contribution in [2.75, 3.05) is 18.8 Å². The second-order valence-corrected chi connectivity index (χ2v) is 4.65. The highest BCUT2D eigenvalue weighted by molar-refractivity contribution is 7.99. The van der Waals surface area contributed by atoms with E-state index in [4.69, 9.17) is 5.26 Å². The standard InChI is InChI=1S/C11H13N3S/c12-6-10-2-1-4-14-11(10)15-8-9-3-5-13-7-9/h1-2,4,9,13H,3,5,7-8H2. The zero-order valence-corrected chi connectivity index (χ0v) is 9.26. The van der Waals surface area contributed by atoms with Crippen LogP contribution in [0.4, 0.5) is 0 Å².